The highest BCUT2D eigenvalue weighted by Gasteiger charge is 2.34. The molecule has 2 N–H and O–H groups in total. The van der Waals surface area contributed by atoms with Crippen molar-refractivity contribution >= 4 is 0 Å². The van der Waals surface area contributed by atoms with Crippen molar-refractivity contribution in [1.82, 2.24) is 0 Å². The zero-order chi connectivity index (χ0) is 13.2. The van der Waals surface area contributed by atoms with Crippen molar-refractivity contribution in [1.29, 1.82) is 0 Å². The maximum Gasteiger partial charge on any atom is 0.416 e. The molecule has 0 aromatic heterocycles. The molecule has 1 aromatic rings. The third kappa shape index (κ3) is 3.56. The zero-order valence-corrected chi connectivity index (χ0v) is 9.48. The van der Waals surface area contributed by atoms with Crippen molar-refractivity contribution < 1.29 is 17.6 Å². The normalized spacial score (nSPS) is 13.4. The molecule has 0 spiro atoms. The van der Waals surface area contributed by atoms with E-state index in [0.29, 0.717) is 6.07 Å². The number of alkyl halides is 3. The van der Waals surface area contributed by atoms with Gasteiger partial charge in [-0.3, -0.25) is 0 Å². The highest BCUT2D eigenvalue weighted by Crippen LogP contribution is 2.34. The number of benzene rings is 1. The monoisotopic (exact) mass is 247 g/mol. The third-order valence-corrected chi connectivity index (χ3v) is 2.19. The topological polar surface area (TPSA) is 26.0 Å². The summed E-state index contributed by atoms with van der Waals surface area (Å²) in [6, 6.07) is 1.35. The molecule has 0 aliphatic rings. The van der Waals surface area contributed by atoms with Crippen LogP contribution in [0, 0.1) is 5.82 Å². The summed E-state index contributed by atoms with van der Waals surface area (Å²) in [4.78, 5) is 0. The Morgan fingerprint density at radius 1 is 1.29 bits per heavy atom. The fourth-order valence-electron chi connectivity index (χ4n) is 1.52. The summed E-state index contributed by atoms with van der Waals surface area (Å²) in [5.74, 6) is -0.731. The Hall–Kier alpha value is -1.36. The van der Waals surface area contributed by atoms with Crippen LogP contribution in [0.5, 0.6) is 0 Å². The van der Waals surface area contributed by atoms with Gasteiger partial charge < -0.3 is 5.73 Å². The van der Waals surface area contributed by atoms with Gasteiger partial charge in [0.15, 0.2) is 0 Å². The number of rotatable bonds is 2. The molecule has 0 aliphatic carbocycles. The van der Waals surface area contributed by atoms with E-state index < -0.39 is 23.6 Å². The molecule has 1 rings (SSSR count). The van der Waals surface area contributed by atoms with Crippen LogP contribution >= 0.6 is 0 Å². The summed E-state index contributed by atoms with van der Waals surface area (Å²) in [7, 11) is 0. The lowest BCUT2D eigenvalue weighted by Gasteiger charge is -2.16. The van der Waals surface area contributed by atoms with Crippen molar-refractivity contribution in [3.05, 3.63) is 46.8 Å². The molecule has 0 aliphatic heterocycles. The van der Waals surface area contributed by atoms with E-state index in [1.807, 2.05) is 0 Å². The minimum atomic E-state index is -4.53. The lowest BCUT2D eigenvalue weighted by Crippen LogP contribution is -2.16. The Labute approximate surface area is 96.9 Å². The van der Waals surface area contributed by atoms with Crippen LogP contribution in [0.15, 0.2) is 29.8 Å². The van der Waals surface area contributed by atoms with Crippen LogP contribution < -0.4 is 5.73 Å². The molecule has 17 heavy (non-hydrogen) atoms. The fraction of sp³-hybridized carbons (Fsp3) is 0.333. The third-order valence-electron chi connectivity index (χ3n) is 2.19. The number of allylic oxidation sites excluding steroid dienone is 1. The standard InChI is InChI=1S/C12H13F4N/c1-7(2)5-11(17)9-6-8(13)3-4-10(9)12(14,15)16/h3-6,11H,17H2,1-2H3. The molecule has 0 saturated heterocycles. The quantitative estimate of drug-likeness (QED) is 0.624. The van der Waals surface area contributed by atoms with Crippen LogP contribution in [0.1, 0.15) is 31.0 Å². The van der Waals surface area contributed by atoms with E-state index in [4.69, 9.17) is 5.73 Å². The predicted molar refractivity (Wildman–Crippen MR) is 57.8 cm³/mol. The van der Waals surface area contributed by atoms with Crippen LogP contribution in [-0.2, 0) is 6.18 Å². The van der Waals surface area contributed by atoms with Crippen molar-refractivity contribution in [2.75, 3.05) is 0 Å². The van der Waals surface area contributed by atoms with Gasteiger partial charge in [0.2, 0.25) is 0 Å². The first-order chi connectivity index (χ1) is 7.71. The average molecular weight is 247 g/mol. The molecule has 0 radical (unpaired) electrons. The summed E-state index contributed by atoms with van der Waals surface area (Å²) in [5.41, 5.74) is 5.24. The first kappa shape index (κ1) is 13.7. The Balaban J connectivity index is 3.30. The van der Waals surface area contributed by atoms with Gasteiger partial charge in [-0.25, -0.2) is 4.39 Å². The number of halogens is 4. The molecule has 0 bridgehead atoms. The van der Waals surface area contributed by atoms with Crippen molar-refractivity contribution in [3.8, 4) is 0 Å². The van der Waals surface area contributed by atoms with Crippen LogP contribution in [0.25, 0.3) is 0 Å². The minimum Gasteiger partial charge on any atom is -0.321 e. The smallest absolute Gasteiger partial charge is 0.321 e. The largest absolute Gasteiger partial charge is 0.416 e. The molecule has 0 saturated carbocycles. The second-order valence-electron chi connectivity index (χ2n) is 4.00. The summed E-state index contributed by atoms with van der Waals surface area (Å²) in [6.07, 6.45) is -3.07. The van der Waals surface area contributed by atoms with Gasteiger partial charge in [-0.15, -0.1) is 0 Å². The first-order valence-electron chi connectivity index (χ1n) is 4.99. The second kappa shape index (κ2) is 4.87. The lowest BCUT2D eigenvalue weighted by atomic mass is 9.99. The Morgan fingerprint density at radius 2 is 1.88 bits per heavy atom. The van der Waals surface area contributed by atoms with E-state index in [2.05, 4.69) is 0 Å². The molecule has 1 aromatic carbocycles. The highest BCUT2D eigenvalue weighted by atomic mass is 19.4. The van der Waals surface area contributed by atoms with E-state index in [0.717, 1.165) is 17.7 Å². The second-order valence-corrected chi connectivity index (χ2v) is 4.00. The molecule has 1 atom stereocenters. The maximum atomic E-state index is 13.0. The fourth-order valence-corrected chi connectivity index (χ4v) is 1.52. The van der Waals surface area contributed by atoms with E-state index in [-0.39, 0.29) is 5.56 Å². The summed E-state index contributed by atoms with van der Waals surface area (Å²) >= 11 is 0. The van der Waals surface area contributed by atoms with E-state index in [1.165, 1.54) is 6.08 Å². The summed E-state index contributed by atoms with van der Waals surface area (Å²) in [6.45, 7) is 3.43. The van der Waals surface area contributed by atoms with Gasteiger partial charge in [-0.1, -0.05) is 11.6 Å². The van der Waals surface area contributed by atoms with Gasteiger partial charge in [-0.2, -0.15) is 13.2 Å². The Morgan fingerprint density at radius 3 is 2.35 bits per heavy atom. The van der Waals surface area contributed by atoms with E-state index >= 15 is 0 Å². The maximum absolute atomic E-state index is 13.0. The molecule has 1 unspecified atom stereocenters. The minimum absolute atomic E-state index is 0.251. The Kier molecular flexibility index (Phi) is 3.93. The Bertz CT molecular complexity index is 431. The first-order valence-corrected chi connectivity index (χ1v) is 4.99. The van der Waals surface area contributed by atoms with Crippen LogP contribution in [0.2, 0.25) is 0 Å². The van der Waals surface area contributed by atoms with Crippen LogP contribution in [-0.4, -0.2) is 0 Å². The predicted octanol–water partition coefficient (Wildman–Crippen LogP) is 3.81. The highest BCUT2D eigenvalue weighted by molar-refractivity contribution is 5.35. The summed E-state index contributed by atoms with van der Waals surface area (Å²) < 4.78 is 51.0. The van der Waals surface area contributed by atoms with Crippen LogP contribution in [0.4, 0.5) is 17.6 Å². The van der Waals surface area contributed by atoms with Crippen molar-refractivity contribution in [2.24, 2.45) is 5.73 Å². The van der Waals surface area contributed by atoms with Gasteiger partial charge >= 0.3 is 6.18 Å². The van der Waals surface area contributed by atoms with Gasteiger partial charge in [0.1, 0.15) is 5.82 Å². The molecule has 0 amide bonds. The van der Waals surface area contributed by atoms with E-state index in [9.17, 15) is 17.6 Å². The molecule has 0 heterocycles. The molecule has 1 nitrogen and oxygen atoms in total. The van der Waals surface area contributed by atoms with E-state index in [1.54, 1.807) is 13.8 Å². The van der Waals surface area contributed by atoms with Gasteiger partial charge in [-0.05, 0) is 37.6 Å². The average Bonchev–Trinajstić information content (AvgIpc) is 2.14. The SMILES string of the molecule is CC(C)=CC(N)c1cc(F)ccc1C(F)(F)F. The molecular formula is C12H13F4N. The number of hydrogen-bond acceptors (Lipinski definition) is 1. The molecule has 0 fully saturated rings. The lowest BCUT2D eigenvalue weighted by molar-refractivity contribution is -0.138. The zero-order valence-electron chi connectivity index (χ0n) is 9.48. The van der Waals surface area contributed by atoms with Crippen molar-refractivity contribution in [2.45, 2.75) is 26.1 Å². The number of hydrogen-bond donors (Lipinski definition) is 1. The van der Waals surface area contributed by atoms with Gasteiger partial charge in [0, 0.05) is 6.04 Å². The van der Waals surface area contributed by atoms with Gasteiger partial charge in [0.25, 0.3) is 0 Å². The van der Waals surface area contributed by atoms with Gasteiger partial charge in [0.05, 0.1) is 5.56 Å². The van der Waals surface area contributed by atoms with Crippen LogP contribution in [0.3, 0.4) is 0 Å². The van der Waals surface area contributed by atoms with Crippen molar-refractivity contribution in [3.63, 3.8) is 0 Å². The molecular weight excluding hydrogens is 234 g/mol. The molecule has 5 heteroatoms. The number of nitrogens with two attached hydrogens (primary N) is 1. The summed E-state index contributed by atoms with van der Waals surface area (Å²) in [5, 5.41) is 0. The molecule has 94 valence electrons.